The first-order chi connectivity index (χ1) is 9.79. The maximum Gasteiger partial charge on any atom is 0.231 e. The van der Waals surface area contributed by atoms with E-state index in [1.807, 2.05) is 18.2 Å². The van der Waals surface area contributed by atoms with Gasteiger partial charge in [-0.1, -0.05) is 32.3 Å². The van der Waals surface area contributed by atoms with E-state index in [1.54, 1.807) is 0 Å². The van der Waals surface area contributed by atoms with E-state index in [-0.39, 0.29) is 0 Å². The van der Waals surface area contributed by atoms with Gasteiger partial charge in [0.25, 0.3) is 0 Å². The molecule has 1 heterocycles. The Morgan fingerprint density at radius 2 is 2.00 bits per heavy atom. The lowest BCUT2D eigenvalue weighted by molar-refractivity contribution is 0.174. The second-order valence-electron chi connectivity index (χ2n) is 4.86. The molecule has 0 spiro atoms. The minimum absolute atomic E-state index is 0.309. The van der Waals surface area contributed by atoms with Crippen LogP contribution in [0.1, 0.15) is 38.2 Å². The summed E-state index contributed by atoms with van der Waals surface area (Å²) in [6.45, 7) is 4.15. The lowest BCUT2D eigenvalue weighted by Crippen LogP contribution is -2.35. The second kappa shape index (κ2) is 7.94. The third kappa shape index (κ3) is 4.56. The summed E-state index contributed by atoms with van der Waals surface area (Å²) >= 11 is 5.25. The highest BCUT2D eigenvalue weighted by molar-refractivity contribution is 7.80. The number of ether oxygens (including phenoxy) is 2. The van der Waals surface area contributed by atoms with Gasteiger partial charge in [0.1, 0.15) is 0 Å². The van der Waals surface area contributed by atoms with Crippen LogP contribution in [-0.4, -0.2) is 18.5 Å². The van der Waals surface area contributed by atoms with Crippen molar-refractivity contribution >= 4 is 17.3 Å². The molecule has 0 bridgehead atoms. The van der Waals surface area contributed by atoms with Crippen molar-refractivity contribution in [1.29, 1.82) is 0 Å². The van der Waals surface area contributed by atoms with Gasteiger partial charge in [0.05, 0.1) is 0 Å². The van der Waals surface area contributed by atoms with Crippen LogP contribution in [-0.2, 0) is 6.54 Å². The summed E-state index contributed by atoms with van der Waals surface area (Å²) in [6, 6.07) is 5.93. The number of hydrogen-bond donors (Lipinski definition) is 2. The first-order valence-corrected chi connectivity index (χ1v) is 7.60. The molecule has 2 N–H and O–H groups in total. The number of thiocarbonyl (C=S) groups is 1. The summed E-state index contributed by atoms with van der Waals surface area (Å²) in [4.78, 5) is 0. The van der Waals surface area contributed by atoms with Crippen molar-refractivity contribution in [3.05, 3.63) is 23.8 Å². The molecule has 0 aromatic heterocycles. The highest BCUT2D eigenvalue weighted by atomic mass is 32.1. The van der Waals surface area contributed by atoms with Gasteiger partial charge < -0.3 is 20.1 Å². The largest absolute Gasteiger partial charge is 0.454 e. The first-order valence-electron chi connectivity index (χ1n) is 7.20. The molecule has 0 saturated heterocycles. The fourth-order valence-electron chi connectivity index (χ4n) is 2.05. The first kappa shape index (κ1) is 14.9. The van der Waals surface area contributed by atoms with Gasteiger partial charge in [0.15, 0.2) is 16.6 Å². The Balaban J connectivity index is 1.66. The van der Waals surface area contributed by atoms with Gasteiger partial charge >= 0.3 is 0 Å². The number of hydrogen-bond acceptors (Lipinski definition) is 3. The molecule has 0 saturated carbocycles. The molecule has 0 amide bonds. The molecule has 20 heavy (non-hydrogen) atoms. The molecule has 4 nitrogen and oxygen atoms in total. The van der Waals surface area contributed by atoms with E-state index in [1.165, 1.54) is 25.7 Å². The Kier molecular flexibility index (Phi) is 5.92. The second-order valence-corrected chi connectivity index (χ2v) is 5.27. The molecule has 2 rings (SSSR count). The number of nitrogens with one attached hydrogen (secondary N) is 2. The summed E-state index contributed by atoms with van der Waals surface area (Å²) in [5.74, 6) is 1.62. The number of rotatable bonds is 7. The van der Waals surface area contributed by atoms with E-state index in [0.717, 1.165) is 23.6 Å². The number of benzene rings is 1. The van der Waals surface area contributed by atoms with Crippen LogP contribution in [0.2, 0.25) is 0 Å². The van der Waals surface area contributed by atoms with Gasteiger partial charge in [0.2, 0.25) is 6.79 Å². The van der Waals surface area contributed by atoms with Crippen LogP contribution in [0.3, 0.4) is 0 Å². The highest BCUT2D eigenvalue weighted by Crippen LogP contribution is 2.32. The molecule has 0 radical (unpaired) electrons. The van der Waals surface area contributed by atoms with E-state index < -0.39 is 0 Å². The van der Waals surface area contributed by atoms with E-state index in [4.69, 9.17) is 21.7 Å². The lowest BCUT2D eigenvalue weighted by atomic mass is 10.2. The Morgan fingerprint density at radius 1 is 1.15 bits per heavy atom. The third-order valence-electron chi connectivity index (χ3n) is 3.21. The van der Waals surface area contributed by atoms with E-state index in [9.17, 15) is 0 Å². The van der Waals surface area contributed by atoms with Gasteiger partial charge in [0, 0.05) is 13.1 Å². The van der Waals surface area contributed by atoms with Crippen molar-refractivity contribution in [2.75, 3.05) is 13.3 Å². The Bertz CT molecular complexity index is 451. The van der Waals surface area contributed by atoms with E-state index in [2.05, 4.69) is 17.6 Å². The zero-order chi connectivity index (χ0) is 14.2. The summed E-state index contributed by atoms with van der Waals surface area (Å²) in [7, 11) is 0. The molecule has 110 valence electrons. The zero-order valence-corrected chi connectivity index (χ0v) is 12.7. The number of unbranched alkanes of at least 4 members (excludes halogenated alkanes) is 3. The van der Waals surface area contributed by atoms with E-state index >= 15 is 0 Å². The van der Waals surface area contributed by atoms with Gasteiger partial charge in [-0.25, -0.2) is 0 Å². The van der Waals surface area contributed by atoms with Crippen molar-refractivity contribution in [2.45, 2.75) is 39.2 Å². The van der Waals surface area contributed by atoms with Crippen molar-refractivity contribution in [1.82, 2.24) is 10.6 Å². The maximum absolute atomic E-state index is 5.35. The summed E-state index contributed by atoms with van der Waals surface area (Å²) in [6.07, 6.45) is 4.97. The van der Waals surface area contributed by atoms with Crippen LogP contribution < -0.4 is 20.1 Å². The van der Waals surface area contributed by atoms with Crippen LogP contribution in [0, 0.1) is 0 Å². The van der Waals surface area contributed by atoms with Crippen LogP contribution in [0.4, 0.5) is 0 Å². The van der Waals surface area contributed by atoms with Crippen molar-refractivity contribution in [3.8, 4) is 11.5 Å². The normalized spacial score (nSPS) is 12.2. The molecule has 1 aromatic carbocycles. The van der Waals surface area contributed by atoms with Gasteiger partial charge in [-0.05, 0) is 36.3 Å². The predicted molar refractivity (Wildman–Crippen MR) is 84.1 cm³/mol. The topological polar surface area (TPSA) is 42.5 Å². The van der Waals surface area contributed by atoms with Crippen LogP contribution >= 0.6 is 12.2 Å². The third-order valence-corrected chi connectivity index (χ3v) is 3.49. The molecule has 0 fully saturated rings. The Hall–Kier alpha value is -1.49. The molecular weight excluding hydrogens is 272 g/mol. The Morgan fingerprint density at radius 3 is 2.85 bits per heavy atom. The molecule has 1 aliphatic rings. The average molecular weight is 294 g/mol. The number of fused-ring (bicyclic) bond motifs is 1. The minimum Gasteiger partial charge on any atom is -0.454 e. The zero-order valence-electron chi connectivity index (χ0n) is 11.9. The Labute approximate surface area is 125 Å². The van der Waals surface area contributed by atoms with Gasteiger partial charge in [-0.2, -0.15) is 0 Å². The summed E-state index contributed by atoms with van der Waals surface area (Å²) < 4.78 is 10.6. The predicted octanol–water partition coefficient (Wildman–Crippen LogP) is 2.96. The maximum atomic E-state index is 5.35. The molecule has 1 aromatic rings. The molecule has 0 unspecified atom stereocenters. The summed E-state index contributed by atoms with van der Waals surface area (Å²) in [5.41, 5.74) is 1.13. The van der Waals surface area contributed by atoms with Crippen LogP contribution in [0.25, 0.3) is 0 Å². The quantitative estimate of drug-likeness (QED) is 0.598. The minimum atomic E-state index is 0.309. The van der Waals surface area contributed by atoms with Gasteiger partial charge in [-0.15, -0.1) is 0 Å². The highest BCUT2D eigenvalue weighted by Gasteiger charge is 2.12. The van der Waals surface area contributed by atoms with Crippen molar-refractivity contribution < 1.29 is 9.47 Å². The van der Waals surface area contributed by atoms with Crippen LogP contribution in [0.5, 0.6) is 11.5 Å². The SMILES string of the molecule is CCCCCCNC(=S)NCc1ccc2c(c1)OCO2. The summed E-state index contributed by atoms with van der Waals surface area (Å²) in [5, 5.41) is 7.14. The lowest BCUT2D eigenvalue weighted by Gasteiger charge is -2.10. The van der Waals surface area contributed by atoms with E-state index in [0.29, 0.717) is 18.5 Å². The fraction of sp³-hybridized carbons (Fsp3) is 0.533. The molecule has 1 aliphatic heterocycles. The molecular formula is C15H22N2O2S. The standard InChI is InChI=1S/C15H22N2O2S/c1-2-3-4-5-8-16-15(20)17-10-12-6-7-13-14(9-12)19-11-18-13/h6-7,9H,2-5,8,10-11H2,1H3,(H2,16,17,20). The van der Waals surface area contributed by atoms with Crippen LogP contribution in [0.15, 0.2) is 18.2 Å². The molecule has 5 heteroatoms. The fourth-order valence-corrected chi connectivity index (χ4v) is 2.22. The average Bonchev–Trinajstić information content (AvgIpc) is 2.92. The molecule has 0 aliphatic carbocycles. The molecule has 0 atom stereocenters. The van der Waals surface area contributed by atoms with Gasteiger partial charge in [-0.3, -0.25) is 0 Å². The smallest absolute Gasteiger partial charge is 0.231 e. The van der Waals surface area contributed by atoms with Crippen molar-refractivity contribution in [2.24, 2.45) is 0 Å². The van der Waals surface area contributed by atoms with Crippen molar-refractivity contribution in [3.63, 3.8) is 0 Å². The monoisotopic (exact) mass is 294 g/mol.